The molecule has 0 aliphatic heterocycles. The van der Waals surface area contributed by atoms with E-state index in [-0.39, 0.29) is 10.6 Å². The first-order valence-electron chi connectivity index (χ1n) is 8.57. The number of nitrogens with one attached hydrogen (secondary N) is 2. The molecule has 0 bridgehead atoms. The minimum Gasteiger partial charge on any atom is -0.463 e. The van der Waals surface area contributed by atoms with Gasteiger partial charge in [0.1, 0.15) is 0 Å². The van der Waals surface area contributed by atoms with E-state index in [1.54, 1.807) is 10.6 Å². The van der Waals surface area contributed by atoms with E-state index in [4.69, 9.17) is 11.6 Å². The number of rotatable bonds is 6. The number of esters is 1. The highest BCUT2D eigenvalue weighted by atomic mass is 35.5. The fourth-order valence-electron chi connectivity index (χ4n) is 2.46. The van der Waals surface area contributed by atoms with Crippen molar-refractivity contribution in [1.82, 2.24) is 5.32 Å². The van der Waals surface area contributed by atoms with Gasteiger partial charge in [-0.2, -0.15) is 26.3 Å². The molecule has 31 heavy (non-hydrogen) atoms. The van der Waals surface area contributed by atoms with Gasteiger partial charge in [-0.05, 0) is 49.4 Å². The highest BCUT2D eigenvalue weighted by molar-refractivity contribution is 6.31. The lowest BCUT2D eigenvalue weighted by molar-refractivity contribution is -0.204. The summed E-state index contributed by atoms with van der Waals surface area (Å²) in [5, 5.41) is 3.39. The van der Waals surface area contributed by atoms with Gasteiger partial charge in [-0.15, -0.1) is 0 Å². The van der Waals surface area contributed by atoms with E-state index < -0.39 is 47.7 Å². The van der Waals surface area contributed by atoms with E-state index in [9.17, 15) is 35.9 Å². The number of halogens is 7. The Morgan fingerprint density at radius 3 is 2.10 bits per heavy atom. The number of carbonyl (C=O) groups is 2. The molecule has 0 unspecified atom stereocenters. The molecule has 0 spiro atoms. The number of benzene rings is 2. The molecule has 5 nitrogen and oxygen atoms in total. The summed E-state index contributed by atoms with van der Waals surface area (Å²) in [6, 6.07) is 7.33. The molecule has 2 aromatic rings. The van der Waals surface area contributed by atoms with Crippen LogP contribution in [-0.4, -0.2) is 30.3 Å². The number of hydrogen-bond donors (Lipinski definition) is 2. The zero-order valence-electron chi connectivity index (χ0n) is 15.7. The van der Waals surface area contributed by atoms with Gasteiger partial charge in [0.15, 0.2) is 0 Å². The number of carbonyl (C=O) groups excluding carboxylic acids is 2. The number of hydrogen-bond acceptors (Lipinski definition) is 4. The topological polar surface area (TPSA) is 67.4 Å². The first kappa shape index (κ1) is 24.3. The maximum Gasteiger partial charge on any atom is 0.441 e. The van der Waals surface area contributed by atoms with E-state index in [1.807, 2.05) is 0 Å². The fourth-order valence-corrected chi connectivity index (χ4v) is 2.65. The largest absolute Gasteiger partial charge is 0.463 e. The van der Waals surface area contributed by atoms with Crippen molar-refractivity contribution in [2.75, 3.05) is 11.9 Å². The molecule has 12 heteroatoms. The van der Waals surface area contributed by atoms with Crippen molar-refractivity contribution in [3.8, 4) is 0 Å². The predicted octanol–water partition coefficient (Wildman–Crippen LogP) is 5.02. The highest BCUT2D eigenvalue weighted by Crippen LogP contribution is 2.35. The van der Waals surface area contributed by atoms with Crippen LogP contribution in [0.15, 0.2) is 48.5 Å². The van der Waals surface area contributed by atoms with E-state index >= 15 is 0 Å². The van der Waals surface area contributed by atoms with Gasteiger partial charge in [0.05, 0.1) is 12.2 Å². The molecule has 0 saturated carbocycles. The van der Waals surface area contributed by atoms with Crippen LogP contribution in [0.2, 0.25) is 5.02 Å². The summed E-state index contributed by atoms with van der Waals surface area (Å²) in [6.45, 7) is 0.786. The standard InChI is InChI=1S/C19H15ClF6N2O3/c1-2-31-16(30)17(19(24,25)26,28-15(29)11-4-3-5-13(20)10-11)27-14-8-6-12(7-9-14)18(21,22)23/h3-10,27H,2H2,1H3,(H,28,29)/t17-/m0/s1. The third kappa shape index (κ3) is 5.60. The molecular formula is C19H15ClF6N2O3. The zero-order valence-corrected chi connectivity index (χ0v) is 16.5. The minimum atomic E-state index is -5.45. The Kier molecular flexibility index (Phi) is 7.10. The summed E-state index contributed by atoms with van der Waals surface area (Å²) in [5.41, 5.74) is -5.72. The summed E-state index contributed by atoms with van der Waals surface area (Å²) in [6.07, 6.45) is -10.2. The van der Waals surface area contributed by atoms with Crippen LogP contribution in [0.4, 0.5) is 32.0 Å². The molecule has 2 N–H and O–H groups in total. The first-order valence-corrected chi connectivity index (χ1v) is 8.95. The Hall–Kier alpha value is -2.95. The second-order valence-electron chi connectivity index (χ2n) is 6.13. The van der Waals surface area contributed by atoms with Crippen LogP contribution in [0.5, 0.6) is 0 Å². The molecule has 1 atom stereocenters. The van der Waals surface area contributed by atoms with Crippen molar-refractivity contribution in [3.05, 3.63) is 64.7 Å². The van der Waals surface area contributed by atoms with Crippen LogP contribution in [0.25, 0.3) is 0 Å². The molecule has 1 amide bonds. The fraction of sp³-hybridized carbons (Fsp3) is 0.263. The second-order valence-corrected chi connectivity index (χ2v) is 6.57. The monoisotopic (exact) mass is 468 g/mol. The van der Waals surface area contributed by atoms with Crippen LogP contribution in [0.3, 0.4) is 0 Å². The lowest BCUT2D eigenvalue weighted by atomic mass is 10.1. The van der Waals surface area contributed by atoms with Crippen molar-refractivity contribution in [1.29, 1.82) is 0 Å². The molecule has 0 saturated heterocycles. The van der Waals surface area contributed by atoms with Gasteiger partial charge in [0.25, 0.3) is 5.91 Å². The van der Waals surface area contributed by atoms with Gasteiger partial charge in [0, 0.05) is 16.3 Å². The van der Waals surface area contributed by atoms with E-state index in [0.717, 1.165) is 12.1 Å². The molecule has 0 fully saturated rings. The molecule has 0 aliphatic rings. The van der Waals surface area contributed by atoms with Gasteiger partial charge >= 0.3 is 24.0 Å². The quantitative estimate of drug-likeness (QED) is 0.355. The smallest absolute Gasteiger partial charge is 0.441 e. The van der Waals surface area contributed by atoms with Crippen LogP contribution in [0.1, 0.15) is 22.8 Å². The van der Waals surface area contributed by atoms with Crippen molar-refractivity contribution in [2.45, 2.75) is 24.9 Å². The van der Waals surface area contributed by atoms with Crippen LogP contribution in [-0.2, 0) is 15.7 Å². The Balaban J connectivity index is 2.50. The van der Waals surface area contributed by atoms with E-state index in [1.165, 1.54) is 19.1 Å². The van der Waals surface area contributed by atoms with Crippen LogP contribution in [0, 0.1) is 0 Å². The normalized spacial score (nSPS) is 13.8. The van der Waals surface area contributed by atoms with Crippen molar-refractivity contribution < 1.29 is 40.7 Å². The van der Waals surface area contributed by atoms with Crippen molar-refractivity contribution in [3.63, 3.8) is 0 Å². The Labute approximate surface area is 177 Å². The summed E-state index contributed by atoms with van der Waals surface area (Å²) < 4.78 is 84.9. The summed E-state index contributed by atoms with van der Waals surface area (Å²) >= 11 is 5.74. The van der Waals surface area contributed by atoms with Gasteiger partial charge in [-0.3, -0.25) is 4.79 Å². The summed E-state index contributed by atoms with van der Waals surface area (Å²) in [4.78, 5) is 24.8. The lowest BCUT2D eigenvalue weighted by Crippen LogP contribution is -2.69. The van der Waals surface area contributed by atoms with Gasteiger partial charge in [0.2, 0.25) is 0 Å². The maximum atomic E-state index is 14.1. The Bertz CT molecular complexity index is 947. The number of alkyl halides is 6. The molecule has 168 valence electrons. The number of ether oxygens (including phenoxy) is 1. The Morgan fingerprint density at radius 1 is 1.00 bits per heavy atom. The summed E-state index contributed by atoms with van der Waals surface area (Å²) in [7, 11) is 0. The predicted molar refractivity (Wildman–Crippen MR) is 99.4 cm³/mol. The molecule has 0 aromatic heterocycles. The van der Waals surface area contributed by atoms with E-state index in [0.29, 0.717) is 24.3 Å². The molecule has 0 radical (unpaired) electrons. The Morgan fingerprint density at radius 2 is 1.61 bits per heavy atom. The maximum absolute atomic E-state index is 14.1. The summed E-state index contributed by atoms with van der Waals surface area (Å²) in [5.74, 6) is -3.23. The van der Waals surface area contributed by atoms with Crippen LogP contribution < -0.4 is 10.6 Å². The number of anilines is 1. The van der Waals surface area contributed by atoms with Gasteiger partial charge in [-0.1, -0.05) is 17.7 Å². The zero-order chi connectivity index (χ0) is 23.4. The average molecular weight is 469 g/mol. The first-order chi connectivity index (χ1) is 14.3. The van der Waals surface area contributed by atoms with Crippen LogP contribution >= 0.6 is 11.6 Å². The molecule has 2 aromatic carbocycles. The minimum absolute atomic E-state index is 0.0529. The molecular weight excluding hydrogens is 454 g/mol. The molecule has 2 rings (SSSR count). The SMILES string of the molecule is CCOC(=O)[C@@](NC(=O)c1cccc(Cl)c1)(Nc1ccc(C(F)(F)F)cc1)C(F)(F)F. The highest BCUT2D eigenvalue weighted by Gasteiger charge is 2.63. The van der Waals surface area contributed by atoms with Crippen molar-refractivity contribution >= 4 is 29.2 Å². The second kappa shape index (κ2) is 9.04. The molecule has 0 heterocycles. The van der Waals surface area contributed by atoms with E-state index in [2.05, 4.69) is 4.74 Å². The third-order valence-electron chi connectivity index (χ3n) is 3.94. The average Bonchev–Trinajstić information content (AvgIpc) is 2.66. The lowest BCUT2D eigenvalue weighted by Gasteiger charge is -2.35. The third-order valence-corrected chi connectivity index (χ3v) is 4.17. The van der Waals surface area contributed by atoms with Gasteiger partial charge < -0.3 is 15.4 Å². The van der Waals surface area contributed by atoms with Gasteiger partial charge in [-0.25, -0.2) is 4.79 Å². The number of amides is 1. The van der Waals surface area contributed by atoms with Crippen molar-refractivity contribution in [2.24, 2.45) is 0 Å². The molecule has 0 aliphatic carbocycles.